The summed E-state index contributed by atoms with van der Waals surface area (Å²) in [7, 11) is 1.89. The van der Waals surface area contributed by atoms with Crippen LogP contribution in [0.25, 0.3) is 0 Å². The maximum atomic E-state index is 5.88. The van der Waals surface area contributed by atoms with Crippen molar-refractivity contribution >= 4 is 0 Å². The fraction of sp³-hybridized carbons (Fsp3) is 0.867. The minimum atomic E-state index is 0.103. The van der Waals surface area contributed by atoms with Crippen molar-refractivity contribution in [3.05, 3.63) is 11.6 Å². The molecule has 2 rings (SSSR count). The maximum absolute atomic E-state index is 5.88. The van der Waals surface area contributed by atoms with E-state index >= 15 is 0 Å². The Balaban J connectivity index is 2.12. The summed E-state index contributed by atoms with van der Waals surface area (Å²) >= 11 is 0. The van der Waals surface area contributed by atoms with Crippen LogP contribution >= 0.6 is 0 Å². The van der Waals surface area contributed by atoms with Gasteiger partial charge in [-0.05, 0) is 51.5 Å². The molecule has 0 aliphatic heterocycles. The second-order valence-corrected chi connectivity index (χ2v) is 5.49. The molecule has 0 spiro atoms. The molecule has 0 amide bonds. The minimum Gasteiger partial charge on any atom is -0.376 e. The van der Waals surface area contributed by atoms with Crippen LogP contribution in [0.3, 0.4) is 0 Å². The van der Waals surface area contributed by atoms with Gasteiger partial charge in [0.05, 0.1) is 11.6 Å². The van der Waals surface area contributed by atoms with Gasteiger partial charge in [-0.2, -0.15) is 0 Å². The van der Waals surface area contributed by atoms with E-state index in [9.17, 15) is 0 Å². The van der Waals surface area contributed by atoms with Crippen LogP contribution in [0.1, 0.15) is 58.3 Å². The van der Waals surface area contributed by atoms with E-state index in [1.165, 1.54) is 51.4 Å². The molecule has 0 bridgehead atoms. The van der Waals surface area contributed by atoms with Crippen LogP contribution in [0.15, 0.2) is 11.6 Å². The molecule has 0 saturated heterocycles. The zero-order valence-electron chi connectivity index (χ0n) is 11.4. The molecule has 1 atom stereocenters. The Morgan fingerprint density at radius 1 is 1.29 bits per heavy atom. The van der Waals surface area contributed by atoms with Crippen molar-refractivity contribution < 1.29 is 4.74 Å². The summed E-state index contributed by atoms with van der Waals surface area (Å²) < 4.78 is 5.88. The van der Waals surface area contributed by atoms with Gasteiger partial charge in [0, 0.05) is 7.11 Å². The summed E-state index contributed by atoms with van der Waals surface area (Å²) in [4.78, 5) is 0. The normalized spacial score (nSPS) is 25.6. The van der Waals surface area contributed by atoms with Crippen molar-refractivity contribution in [2.24, 2.45) is 0 Å². The van der Waals surface area contributed by atoms with Gasteiger partial charge in [0.25, 0.3) is 0 Å². The van der Waals surface area contributed by atoms with Crippen molar-refractivity contribution in [1.29, 1.82) is 0 Å². The van der Waals surface area contributed by atoms with Gasteiger partial charge in [-0.3, -0.25) is 0 Å². The standard InChI is InChI=1S/C15H27NO/c1-3-16-14(15(17-2)11-8-12-15)13-9-6-4-5-7-10-13/h9,14,16H,3-8,10-12H2,1-2H3. The first-order chi connectivity index (χ1) is 8.32. The lowest BCUT2D eigenvalue weighted by Crippen LogP contribution is -2.57. The van der Waals surface area contributed by atoms with Gasteiger partial charge in [0.15, 0.2) is 0 Å². The average Bonchev–Trinajstić information content (AvgIpc) is 2.55. The molecule has 0 radical (unpaired) electrons. The van der Waals surface area contributed by atoms with Crippen molar-refractivity contribution in [2.75, 3.05) is 13.7 Å². The molecule has 0 aromatic heterocycles. The molecule has 0 aromatic carbocycles. The fourth-order valence-electron chi connectivity index (χ4n) is 3.30. The summed E-state index contributed by atoms with van der Waals surface area (Å²) in [6.07, 6.45) is 12.9. The Bertz CT molecular complexity index is 263. The molecule has 2 aliphatic carbocycles. The van der Waals surface area contributed by atoms with E-state index in [2.05, 4.69) is 18.3 Å². The third-order valence-corrected chi connectivity index (χ3v) is 4.49. The molecule has 2 nitrogen and oxygen atoms in total. The van der Waals surface area contributed by atoms with Crippen LogP contribution in [0, 0.1) is 0 Å². The molecular formula is C15H27NO. The van der Waals surface area contributed by atoms with Crippen LogP contribution in [-0.2, 0) is 4.74 Å². The Labute approximate surface area is 106 Å². The van der Waals surface area contributed by atoms with Crippen LogP contribution in [0.5, 0.6) is 0 Å². The Kier molecular flexibility index (Phi) is 4.63. The topological polar surface area (TPSA) is 21.3 Å². The van der Waals surface area contributed by atoms with Gasteiger partial charge in [-0.1, -0.05) is 25.0 Å². The molecule has 1 fully saturated rings. The van der Waals surface area contributed by atoms with E-state index in [0.29, 0.717) is 6.04 Å². The SMILES string of the molecule is CCNC(C1=CCCCCC1)C1(OC)CCC1. The highest BCUT2D eigenvalue weighted by Crippen LogP contribution is 2.41. The number of hydrogen-bond acceptors (Lipinski definition) is 2. The van der Waals surface area contributed by atoms with E-state index in [1.807, 2.05) is 7.11 Å². The number of rotatable bonds is 5. The highest BCUT2D eigenvalue weighted by atomic mass is 16.5. The Morgan fingerprint density at radius 3 is 2.71 bits per heavy atom. The molecule has 17 heavy (non-hydrogen) atoms. The summed E-state index contributed by atoms with van der Waals surface area (Å²) in [6.45, 7) is 3.24. The molecule has 0 heterocycles. The molecule has 1 unspecified atom stereocenters. The monoisotopic (exact) mass is 237 g/mol. The summed E-state index contributed by atoms with van der Waals surface area (Å²) in [6, 6.07) is 0.462. The van der Waals surface area contributed by atoms with Gasteiger partial charge in [-0.25, -0.2) is 0 Å². The predicted octanol–water partition coefficient (Wildman–Crippen LogP) is 3.42. The molecule has 2 aliphatic rings. The van der Waals surface area contributed by atoms with Crippen molar-refractivity contribution in [1.82, 2.24) is 5.32 Å². The van der Waals surface area contributed by atoms with Gasteiger partial charge >= 0.3 is 0 Å². The minimum absolute atomic E-state index is 0.103. The number of nitrogens with one attached hydrogen (secondary N) is 1. The highest BCUT2D eigenvalue weighted by Gasteiger charge is 2.45. The van der Waals surface area contributed by atoms with E-state index in [0.717, 1.165) is 6.54 Å². The van der Waals surface area contributed by atoms with Gasteiger partial charge in [0.1, 0.15) is 0 Å². The molecular weight excluding hydrogens is 210 g/mol. The van der Waals surface area contributed by atoms with Crippen LogP contribution in [0.2, 0.25) is 0 Å². The largest absolute Gasteiger partial charge is 0.376 e. The third-order valence-electron chi connectivity index (χ3n) is 4.49. The second kappa shape index (κ2) is 6.01. The van der Waals surface area contributed by atoms with Gasteiger partial charge < -0.3 is 10.1 Å². The van der Waals surface area contributed by atoms with Crippen molar-refractivity contribution in [3.63, 3.8) is 0 Å². The second-order valence-electron chi connectivity index (χ2n) is 5.49. The van der Waals surface area contributed by atoms with E-state index in [4.69, 9.17) is 4.74 Å². The lowest BCUT2D eigenvalue weighted by Gasteiger charge is -2.47. The summed E-state index contributed by atoms with van der Waals surface area (Å²) in [5, 5.41) is 3.68. The molecule has 2 heteroatoms. The summed E-state index contributed by atoms with van der Waals surface area (Å²) in [5.74, 6) is 0. The first-order valence-corrected chi connectivity index (χ1v) is 7.30. The highest BCUT2D eigenvalue weighted by molar-refractivity contribution is 5.20. The molecule has 98 valence electrons. The number of ether oxygens (including phenoxy) is 1. The first-order valence-electron chi connectivity index (χ1n) is 7.30. The first kappa shape index (κ1) is 13.1. The number of hydrogen-bond donors (Lipinski definition) is 1. The van der Waals surface area contributed by atoms with Crippen LogP contribution in [0.4, 0.5) is 0 Å². The number of allylic oxidation sites excluding steroid dienone is 1. The van der Waals surface area contributed by atoms with Gasteiger partial charge in [-0.15, -0.1) is 0 Å². The Morgan fingerprint density at radius 2 is 2.12 bits per heavy atom. The zero-order valence-corrected chi connectivity index (χ0v) is 11.4. The predicted molar refractivity (Wildman–Crippen MR) is 72.2 cm³/mol. The van der Waals surface area contributed by atoms with Crippen molar-refractivity contribution in [3.8, 4) is 0 Å². The number of methoxy groups -OCH3 is 1. The van der Waals surface area contributed by atoms with Crippen molar-refractivity contribution in [2.45, 2.75) is 69.9 Å². The molecule has 1 N–H and O–H groups in total. The van der Waals surface area contributed by atoms with Gasteiger partial charge in [0.2, 0.25) is 0 Å². The third kappa shape index (κ3) is 2.74. The Hall–Kier alpha value is -0.340. The molecule has 1 saturated carbocycles. The lowest BCUT2D eigenvalue weighted by atomic mass is 9.71. The van der Waals surface area contributed by atoms with Crippen LogP contribution in [-0.4, -0.2) is 25.3 Å². The van der Waals surface area contributed by atoms with E-state index in [1.54, 1.807) is 5.57 Å². The quantitative estimate of drug-likeness (QED) is 0.740. The summed E-state index contributed by atoms with van der Waals surface area (Å²) in [5.41, 5.74) is 1.72. The number of likely N-dealkylation sites (N-methyl/N-ethyl adjacent to an activating group) is 1. The maximum Gasteiger partial charge on any atom is 0.0869 e. The average molecular weight is 237 g/mol. The lowest BCUT2D eigenvalue weighted by molar-refractivity contribution is -0.0901. The fourth-order valence-corrected chi connectivity index (χ4v) is 3.30. The smallest absolute Gasteiger partial charge is 0.0869 e. The van der Waals surface area contributed by atoms with E-state index < -0.39 is 0 Å². The van der Waals surface area contributed by atoms with E-state index in [-0.39, 0.29) is 5.60 Å². The molecule has 0 aromatic rings. The zero-order chi connectivity index (χ0) is 12.1. The van der Waals surface area contributed by atoms with Crippen LogP contribution < -0.4 is 5.32 Å².